The lowest BCUT2D eigenvalue weighted by Crippen LogP contribution is -2.27. The van der Waals surface area contributed by atoms with Gasteiger partial charge in [-0.15, -0.1) is 0 Å². The molecular formula is C19H17Cl2NO2S. The highest BCUT2D eigenvalue weighted by atomic mass is 35.5. The third-order valence-corrected chi connectivity index (χ3v) is 5.73. The quantitative estimate of drug-likeness (QED) is 0.604. The lowest BCUT2D eigenvalue weighted by Gasteiger charge is -2.33. The van der Waals surface area contributed by atoms with Crippen molar-refractivity contribution >= 4 is 46.6 Å². The predicted octanol–water partition coefficient (Wildman–Crippen LogP) is 5.90. The van der Waals surface area contributed by atoms with Crippen LogP contribution in [-0.4, -0.2) is 12.6 Å². The summed E-state index contributed by atoms with van der Waals surface area (Å²) in [6.07, 6.45) is 0. The molecule has 0 saturated heterocycles. The SMILES string of the molecule is CCOC(=O)C1=C(C)N(Cc2cc(Cl)ccc2Cl)c2ccccc2S1. The molecule has 0 radical (unpaired) electrons. The molecule has 0 fully saturated rings. The monoisotopic (exact) mass is 393 g/mol. The number of nitrogens with zero attached hydrogens (tertiary/aromatic N) is 1. The molecule has 0 atom stereocenters. The lowest BCUT2D eigenvalue weighted by atomic mass is 10.1. The van der Waals surface area contributed by atoms with Gasteiger partial charge in [-0.1, -0.05) is 47.1 Å². The molecular weight excluding hydrogens is 377 g/mol. The normalized spacial score (nSPS) is 13.7. The van der Waals surface area contributed by atoms with E-state index in [1.54, 1.807) is 19.1 Å². The van der Waals surface area contributed by atoms with Gasteiger partial charge in [0.05, 0.1) is 12.3 Å². The summed E-state index contributed by atoms with van der Waals surface area (Å²) in [5.41, 5.74) is 2.78. The van der Waals surface area contributed by atoms with E-state index in [0.717, 1.165) is 21.8 Å². The van der Waals surface area contributed by atoms with Crippen LogP contribution in [0.5, 0.6) is 0 Å². The van der Waals surface area contributed by atoms with Crippen LogP contribution in [0.1, 0.15) is 19.4 Å². The summed E-state index contributed by atoms with van der Waals surface area (Å²) in [5, 5.41) is 1.27. The van der Waals surface area contributed by atoms with Crippen LogP contribution < -0.4 is 4.90 Å². The van der Waals surface area contributed by atoms with Crippen LogP contribution in [0, 0.1) is 0 Å². The molecule has 0 saturated carbocycles. The maximum atomic E-state index is 12.4. The van der Waals surface area contributed by atoms with Crippen LogP contribution in [0.25, 0.3) is 0 Å². The minimum Gasteiger partial charge on any atom is -0.462 e. The molecule has 0 aromatic heterocycles. The van der Waals surface area contributed by atoms with Gasteiger partial charge in [-0.3, -0.25) is 0 Å². The number of ether oxygens (including phenoxy) is 1. The molecule has 0 unspecified atom stereocenters. The maximum absolute atomic E-state index is 12.4. The van der Waals surface area contributed by atoms with E-state index in [9.17, 15) is 4.79 Å². The molecule has 0 aliphatic carbocycles. The van der Waals surface area contributed by atoms with Crippen LogP contribution in [0.4, 0.5) is 5.69 Å². The van der Waals surface area contributed by atoms with E-state index in [1.807, 2.05) is 37.3 Å². The van der Waals surface area contributed by atoms with Crippen LogP contribution in [-0.2, 0) is 16.1 Å². The fourth-order valence-corrected chi connectivity index (χ4v) is 4.10. The number of hydrogen-bond acceptors (Lipinski definition) is 4. The maximum Gasteiger partial charge on any atom is 0.346 e. The van der Waals surface area contributed by atoms with Crippen molar-refractivity contribution in [3.8, 4) is 0 Å². The van der Waals surface area contributed by atoms with Crippen molar-refractivity contribution < 1.29 is 9.53 Å². The molecule has 1 aliphatic heterocycles. The van der Waals surface area contributed by atoms with Crippen LogP contribution in [0.2, 0.25) is 10.0 Å². The lowest BCUT2D eigenvalue weighted by molar-refractivity contribution is -0.137. The number of fused-ring (bicyclic) bond motifs is 1. The molecule has 6 heteroatoms. The Hall–Kier alpha value is -1.62. The predicted molar refractivity (Wildman–Crippen MR) is 104 cm³/mol. The van der Waals surface area contributed by atoms with Gasteiger partial charge in [0.1, 0.15) is 4.91 Å². The number of para-hydroxylation sites is 1. The molecule has 3 rings (SSSR count). The van der Waals surface area contributed by atoms with Gasteiger partial charge in [-0.05, 0) is 49.7 Å². The summed E-state index contributed by atoms with van der Waals surface area (Å²) in [5.74, 6) is -0.304. The largest absolute Gasteiger partial charge is 0.462 e. The summed E-state index contributed by atoms with van der Waals surface area (Å²) < 4.78 is 5.22. The summed E-state index contributed by atoms with van der Waals surface area (Å²) in [6, 6.07) is 13.4. The highest BCUT2D eigenvalue weighted by Gasteiger charge is 2.28. The third kappa shape index (κ3) is 3.81. The number of allylic oxidation sites excluding steroid dienone is 1. The molecule has 0 amide bonds. The highest BCUT2D eigenvalue weighted by molar-refractivity contribution is 8.04. The van der Waals surface area contributed by atoms with Crippen molar-refractivity contribution in [3.63, 3.8) is 0 Å². The average Bonchev–Trinajstić information content (AvgIpc) is 2.60. The number of halogens is 2. The second kappa shape index (κ2) is 7.73. The van der Waals surface area contributed by atoms with Gasteiger partial charge in [-0.2, -0.15) is 0 Å². The number of carbonyl (C=O) groups is 1. The van der Waals surface area contributed by atoms with Crippen molar-refractivity contribution in [1.82, 2.24) is 0 Å². The van der Waals surface area contributed by atoms with Crippen molar-refractivity contribution in [2.75, 3.05) is 11.5 Å². The second-order valence-corrected chi connectivity index (χ2v) is 7.42. The number of anilines is 1. The van der Waals surface area contributed by atoms with E-state index in [-0.39, 0.29) is 5.97 Å². The fourth-order valence-electron chi connectivity index (χ4n) is 2.68. The van der Waals surface area contributed by atoms with Gasteiger partial charge < -0.3 is 9.64 Å². The van der Waals surface area contributed by atoms with Crippen molar-refractivity contribution in [2.24, 2.45) is 0 Å². The first-order chi connectivity index (χ1) is 12.0. The van der Waals surface area contributed by atoms with Gasteiger partial charge in [-0.25, -0.2) is 4.79 Å². The molecule has 130 valence electrons. The topological polar surface area (TPSA) is 29.5 Å². The zero-order chi connectivity index (χ0) is 18.0. The van der Waals surface area contributed by atoms with Gasteiger partial charge in [0, 0.05) is 27.2 Å². The molecule has 1 aliphatic rings. The Morgan fingerprint density at radius 1 is 1.20 bits per heavy atom. The zero-order valence-corrected chi connectivity index (χ0v) is 16.2. The van der Waals surface area contributed by atoms with Gasteiger partial charge in [0.15, 0.2) is 0 Å². The second-order valence-electron chi connectivity index (χ2n) is 5.53. The third-order valence-electron chi connectivity index (χ3n) is 3.90. The smallest absolute Gasteiger partial charge is 0.346 e. The first kappa shape index (κ1) is 18.2. The summed E-state index contributed by atoms with van der Waals surface area (Å²) >= 11 is 13.9. The molecule has 1 heterocycles. The minimum absolute atomic E-state index is 0.304. The number of benzene rings is 2. The van der Waals surface area contributed by atoms with E-state index < -0.39 is 0 Å². The van der Waals surface area contributed by atoms with E-state index in [2.05, 4.69) is 4.90 Å². The molecule has 2 aromatic rings. The number of hydrogen-bond donors (Lipinski definition) is 0. The first-order valence-electron chi connectivity index (χ1n) is 7.87. The van der Waals surface area contributed by atoms with Crippen LogP contribution in [0.3, 0.4) is 0 Å². The van der Waals surface area contributed by atoms with Crippen molar-refractivity contribution in [1.29, 1.82) is 0 Å². The highest BCUT2D eigenvalue weighted by Crippen LogP contribution is 2.44. The summed E-state index contributed by atoms with van der Waals surface area (Å²) in [4.78, 5) is 16.0. The summed E-state index contributed by atoms with van der Waals surface area (Å²) in [6.45, 7) is 4.59. The minimum atomic E-state index is -0.304. The van der Waals surface area contributed by atoms with Crippen molar-refractivity contribution in [3.05, 3.63) is 68.7 Å². The first-order valence-corrected chi connectivity index (χ1v) is 9.45. The molecule has 25 heavy (non-hydrogen) atoms. The van der Waals surface area contributed by atoms with E-state index in [1.165, 1.54) is 11.8 Å². The van der Waals surface area contributed by atoms with Gasteiger partial charge in [0.2, 0.25) is 0 Å². The average molecular weight is 394 g/mol. The molecule has 0 bridgehead atoms. The van der Waals surface area contributed by atoms with Gasteiger partial charge in [0.25, 0.3) is 0 Å². The Labute approximate surface area is 161 Å². The standard InChI is InChI=1S/C19H17Cl2NO2S/c1-3-24-19(23)18-12(2)22(16-6-4-5-7-17(16)25-18)11-13-10-14(20)8-9-15(13)21/h4-10H,3,11H2,1-2H3. The molecule has 0 N–H and O–H groups in total. The Balaban J connectivity index is 2.05. The van der Waals surface area contributed by atoms with E-state index >= 15 is 0 Å². The Morgan fingerprint density at radius 3 is 2.72 bits per heavy atom. The van der Waals surface area contributed by atoms with E-state index in [0.29, 0.717) is 28.1 Å². The molecule has 2 aromatic carbocycles. The summed E-state index contributed by atoms with van der Waals surface area (Å²) in [7, 11) is 0. The van der Waals surface area contributed by atoms with E-state index in [4.69, 9.17) is 27.9 Å². The number of esters is 1. The molecule has 0 spiro atoms. The Bertz CT molecular complexity index is 851. The fraction of sp³-hybridized carbons (Fsp3) is 0.211. The number of rotatable bonds is 4. The Morgan fingerprint density at radius 2 is 1.96 bits per heavy atom. The number of carbonyl (C=O) groups excluding carboxylic acids is 1. The van der Waals surface area contributed by atoms with Crippen LogP contribution >= 0.6 is 35.0 Å². The Kier molecular flexibility index (Phi) is 5.62. The van der Waals surface area contributed by atoms with Crippen molar-refractivity contribution in [2.45, 2.75) is 25.3 Å². The van der Waals surface area contributed by atoms with Crippen LogP contribution in [0.15, 0.2) is 58.0 Å². The molecule has 3 nitrogen and oxygen atoms in total. The zero-order valence-electron chi connectivity index (χ0n) is 13.9. The van der Waals surface area contributed by atoms with Gasteiger partial charge >= 0.3 is 5.97 Å². The number of thioether (sulfide) groups is 1.